The molecule has 0 unspecified atom stereocenters. The number of Topliss-reactive ketones (excluding diaryl/α,β-unsaturated/α-hetero) is 1. The average molecular weight is 786 g/mol. The molecule has 57 heavy (non-hydrogen) atoms. The van der Waals surface area contributed by atoms with Crippen LogP contribution in [0.3, 0.4) is 0 Å². The normalized spacial score (nSPS) is 37.1. The fourth-order valence-electron chi connectivity index (χ4n) is 14.5. The Morgan fingerprint density at radius 1 is 0.877 bits per heavy atom. The zero-order valence-electron chi connectivity index (χ0n) is 37.6. The van der Waals surface area contributed by atoms with E-state index in [1.54, 1.807) is 13.8 Å². The SMILES string of the molecule is CC(C)C1=C2[C@H]3CC[C@@H]4[C@@]5(C)CC[C@H](OC(=O)CC(C)(C)C(=O)OC(C)(C)C)C(C)(C)[C@@H]5CC[C@@]4(C)[C@]3(C)CC[C@@]2([C@@H](O)CN2CCc3ccccc3C2)CC1=O. The number of ether oxygens (including phenoxy) is 2. The quantitative estimate of drug-likeness (QED) is 0.262. The highest BCUT2D eigenvalue weighted by molar-refractivity contribution is 6.00. The van der Waals surface area contributed by atoms with Crippen LogP contribution in [-0.2, 0) is 36.8 Å². The molecule has 1 aromatic rings. The first-order valence-corrected chi connectivity index (χ1v) is 22.6. The zero-order valence-corrected chi connectivity index (χ0v) is 37.6. The smallest absolute Gasteiger partial charge is 0.312 e. The molecule has 7 rings (SSSR count). The number of esters is 2. The predicted molar refractivity (Wildman–Crippen MR) is 225 cm³/mol. The van der Waals surface area contributed by atoms with Gasteiger partial charge in [-0.15, -0.1) is 0 Å². The van der Waals surface area contributed by atoms with E-state index >= 15 is 0 Å². The highest BCUT2D eigenvalue weighted by Crippen LogP contribution is 2.77. The van der Waals surface area contributed by atoms with Gasteiger partial charge in [-0.25, -0.2) is 0 Å². The minimum absolute atomic E-state index is 0.00420. The molecule has 1 aromatic carbocycles. The van der Waals surface area contributed by atoms with Crippen LogP contribution in [0.1, 0.15) is 158 Å². The molecule has 0 amide bonds. The van der Waals surface area contributed by atoms with Crippen molar-refractivity contribution >= 4 is 17.7 Å². The van der Waals surface area contributed by atoms with Crippen LogP contribution in [0.4, 0.5) is 0 Å². The predicted octanol–water partition coefficient (Wildman–Crippen LogP) is 10.1. The summed E-state index contributed by atoms with van der Waals surface area (Å²) < 4.78 is 12.0. The molecule has 0 bridgehead atoms. The number of aliphatic hydroxyl groups is 1. The molecule has 5 aliphatic carbocycles. The van der Waals surface area contributed by atoms with Crippen LogP contribution in [0.25, 0.3) is 0 Å². The van der Waals surface area contributed by atoms with Gasteiger partial charge in [0, 0.05) is 36.9 Å². The van der Waals surface area contributed by atoms with Crippen molar-refractivity contribution in [2.45, 2.75) is 178 Å². The maximum Gasteiger partial charge on any atom is 0.312 e. The van der Waals surface area contributed by atoms with Gasteiger partial charge in [0.15, 0.2) is 5.78 Å². The van der Waals surface area contributed by atoms with Crippen LogP contribution < -0.4 is 0 Å². The number of nitrogens with zero attached hydrogens (tertiary/aromatic N) is 1. The first kappa shape index (κ1) is 42.6. The van der Waals surface area contributed by atoms with Crippen molar-refractivity contribution in [3.8, 4) is 0 Å². The first-order chi connectivity index (χ1) is 26.4. The molecule has 0 spiro atoms. The Kier molecular flexibility index (Phi) is 10.7. The number of allylic oxidation sites excluding steroid dienone is 1. The summed E-state index contributed by atoms with van der Waals surface area (Å²) in [5.41, 5.74) is 3.04. The van der Waals surface area contributed by atoms with E-state index in [2.05, 4.69) is 77.6 Å². The van der Waals surface area contributed by atoms with Crippen LogP contribution in [0, 0.1) is 56.2 Å². The molecule has 7 nitrogen and oxygen atoms in total. The minimum Gasteiger partial charge on any atom is -0.462 e. The van der Waals surface area contributed by atoms with Gasteiger partial charge in [0.25, 0.3) is 0 Å². The zero-order chi connectivity index (χ0) is 41.7. The Hall–Kier alpha value is -2.51. The summed E-state index contributed by atoms with van der Waals surface area (Å²) in [5, 5.41) is 12.5. The van der Waals surface area contributed by atoms with Crippen molar-refractivity contribution in [1.29, 1.82) is 0 Å². The Morgan fingerprint density at radius 2 is 1.56 bits per heavy atom. The van der Waals surface area contributed by atoms with Crippen LogP contribution in [-0.4, -0.2) is 58.6 Å². The highest BCUT2D eigenvalue weighted by Gasteiger charge is 2.71. The molecule has 0 radical (unpaired) electrons. The monoisotopic (exact) mass is 786 g/mol. The van der Waals surface area contributed by atoms with Gasteiger partial charge in [-0.2, -0.15) is 0 Å². The number of hydrogen-bond donors (Lipinski definition) is 1. The van der Waals surface area contributed by atoms with Crippen LogP contribution >= 0.6 is 0 Å². The largest absolute Gasteiger partial charge is 0.462 e. The third-order valence-corrected chi connectivity index (χ3v) is 17.5. The molecule has 1 aliphatic heterocycles. The lowest BCUT2D eigenvalue weighted by atomic mass is 9.33. The van der Waals surface area contributed by atoms with Gasteiger partial charge in [0.2, 0.25) is 0 Å². The van der Waals surface area contributed by atoms with Crippen LogP contribution in [0.15, 0.2) is 35.4 Å². The van der Waals surface area contributed by atoms with E-state index in [-0.39, 0.29) is 63.7 Å². The van der Waals surface area contributed by atoms with Crippen LogP contribution in [0.2, 0.25) is 0 Å². The van der Waals surface area contributed by atoms with Crippen molar-refractivity contribution in [1.82, 2.24) is 4.90 Å². The molecule has 4 saturated carbocycles. The topological polar surface area (TPSA) is 93.1 Å². The van der Waals surface area contributed by atoms with E-state index in [4.69, 9.17) is 9.47 Å². The van der Waals surface area contributed by atoms with E-state index in [1.165, 1.54) is 16.7 Å². The van der Waals surface area contributed by atoms with Gasteiger partial charge in [0.1, 0.15) is 11.7 Å². The number of β-amino-alcohol motifs (C(OH)–C–C–N with tert-alkyl or cyclic N) is 1. The van der Waals surface area contributed by atoms with E-state index in [0.29, 0.717) is 24.8 Å². The molecule has 6 aliphatic rings. The van der Waals surface area contributed by atoms with Gasteiger partial charge in [0.05, 0.1) is 17.9 Å². The Bertz CT molecular complexity index is 1800. The summed E-state index contributed by atoms with van der Waals surface area (Å²) in [6.45, 7) is 28.3. The van der Waals surface area contributed by atoms with E-state index in [0.717, 1.165) is 76.5 Å². The molecule has 1 heterocycles. The molecular formula is C50H75NO6. The molecule has 0 saturated heterocycles. The number of carbonyl (C=O) groups is 3. The second-order valence-electron chi connectivity index (χ2n) is 23.0. The molecule has 4 fully saturated rings. The number of ketones is 1. The van der Waals surface area contributed by atoms with Gasteiger partial charge in [-0.1, -0.05) is 78.3 Å². The number of fused-ring (bicyclic) bond motifs is 8. The van der Waals surface area contributed by atoms with Gasteiger partial charge < -0.3 is 14.6 Å². The number of hydrogen-bond acceptors (Lipinski definition) is 7. The molecule has 0 aromatic heterocycles. The summed E-state index contributed by atoms with van der Waals surface area (Å²) in [7, 11) is 0. The summed E-state index contributed by atoms with van der Waals surface area (Å²) in [4.78, 5) is 43.2. The molecule has 1 N–H and O–H groups in total. The standard InChI is InChI=1S/C50H75NO6/c1-31(2)41-35(52)27-50(38(53)30-51-26-21-32-15-13-14-16-33(32)29-51)25-24-48(11)34(42(41)50)17-18-37-47(10)22-20-39(46(8,9)36(47)19-23-49(37,48)12)56-40(54)28-45(6,7)43(55)57-44(3,4)5/h13-16,31,34,36-39,53H,17-30H2,1-12H3/t34-,36+,37-,38+,39+,47+,48-,49-,50+/m1/s1. The minimum atomic E-state index is -0.972. The fourth-order valence-corrected chi connectivity index (χ4v) is 14.5. The van der Waals surface area contributed by atoms with Gasteiger partial charge >= 0.3 is 11.9 Å². The molecule has 316 valence electrons. The van der Waals surface area contributed by atoms with E-state index < -0.39 is 22.5 Å². The third kappa shape index (κ3) is 6.89. The number of benzene rings is 1. The van der Waals surface area contributed by atoms with Crippen LogP contribution in [0.5, 0.6) is 0 Å². The number of aliphatic hydroxyl groups excluding tert-OH is 1. The first-order valence-electron chi connectivity index (χ1n) is 22.6. The van der Waals surface area contributed by atoms with Crippen molar-refractivity contribution in [3.05, 3.63) is 46.5 Å². The molecule has 7 heteroatoms. The summed E-state index contributed by atoms with van der Waals surface area (Å²) in [5.74, 6) is 0.909. The number of rotatable bonds is 8. The van der Waals surface area contributed by atoms with Gasteiger partial charge in [-0.05, 0) is 149 Å². The Balaban J connectivity index is 1.12. The lowest BCUT2D eigenvalue weighted by Crippen LogP contribution is -2.66. The van der Waals surface area contributed by atoms with Crippen molar-refractivity contribution in [2.24, 2.45) is 56.2 Å². The Morgan fingerprint density at radius 3 is 2.23 bits per heavy atom. The third-order valence-electron chi connectivity index (χ3n) is 17.5. The number of carbonyl (C=O) groups excluding carboxylic acids is 3. The summed E-state index contributed by atoms with van der Waals surface area (Å²) in [6, 6.07) is 8.71. The summed E-state index contributed by atoms with van der Waals surface area (Å²) in [6.07, 6.45) is 8.77. The second kappa shape index (κ2) is 14.3. The average Bonchev–Trinajstić information content (AvgIpc) is 3.42. The maximum absolute atomic E-state index is 14.2. The lowest BCUT2D eigenvalue weighted by molar-refractivity contribution is -0.235. The second-order valence-corrected chi connectivity index (χ2v) is 23.0. The van der Waals surface area contributed by atoms with Crippen molar-refractivity contribution < 1.29 is 29.0 Å². The molecule has 9 atom stereocenters. The fraction of sp³-hybridized carbons (Fsp3) is 0.780. The lowest BCUT2D eigenvalue weighted by Gasteiger charge is -2.72. The van der Waals surface area contributed by atoms with Crippen molar-refractivity contribution in [2.75, 3.05) is 13.1 Å². The maximum atomic E-state index is 14.2. The molecular weight excluding hydrogens is 711 g/mol. The highest BCUT2D eigenvalue weighted by atomic mass is 16.6. The van der Waals surface area contributed by atoms with E-state index in [9.17, 15) is 19.5 Å². The van der Waals surface area contributed by atoms with Crippen molar-refractivity contribution in [3.63, 3.8) is 0 Å². The van der Waals surface area contributed by atoms with Gasteiger partial charge in [-0.3, -0.25) is 19.3 Å². The summed E-state index contributed by atoms with van der Waals surface area (Å²) >= 11 is 0. The Labute approximate surface area is 344 Å². The van der Waals surface area contributed by atoms with E-state index in [1.807, 2.05) is 20.8 Å².